The van der Waals surface area contributed by atoms with Crippen molar-refractivity contribution in [2.75, 3.05) is 17.2 Å². The number of hydrogen-bond donors (Lipinski definition) is 2. The van der Waals surface area contributed by atoms with Crippen molar-refractivity contribution in [2.45, 2.75) is 13.8 Å². The molecule has 6 nitrogen and oxygen atoms in total. The third-order valence-electron chi connectivity index (χ3n) is 4.27. The van der Waals surface area contributed by atoms with Crippen molar-refractivity contribution < 1.29 is 27.9 Å². The van der Waals surface area contributed by atoms with Crippen LogP contribution in [0.5, 0.6) is 0 Å². The Bertz CT molecular complexity index is 1150. The number of hydrogen-bond acceptors (Lipinski definition) is 5. The molecule has 0 aliphatic carbocycles. The van der Waals surface area contributed by atoms with Crippen molar-refractivity contribution in [1.82, 2.24) is 0 Å². The summed E-state index contributed by atoms with van der Waals surface area (Å²) in [5.74, 6) is -4.21. The van der Waals surface area contributed by atoms with Crippen LogP contribution in [-0.2, 0) is 4.74 Å². The van der Waals surface area contributed by atoms with Crippen LogP contribution in [0.15, 0.2) is 48.5 Å². The molecule has 0 atom stereocenters. The Labute approximate surface area is 180 Å². The second kappa shape index (κ2) is 9.48. The number of ether oxygens (including phenoxy) is 1. The Hall–Kier alpha value is -3.59. The van der Waals surface area contributed by atoms with Crippen molar-refractivity contribution in [3.05, 3.63) is 81.7 Å². The van der Waals surface area contributed by atoms with Gasteiger partial charge in [0.1, 0.15) is 5.00 Å². The summed E-state index contributed by atoms with van der Waals surface area (Å²) in [6.45, 7) is 3.29. The lowest BCUT2D eigenvalue weighted by molar-refractivity contribution is 0.0527. The molecule has 160 valence electrons. The van der Waals surface area contributed by atoms with E-state index in [1.807, 2.05) is 0 Å². The normalized spacial score (nSPS) is 10.5. The summed E-state index contributed by atoms with van der Waals surface area (Å²) >= 11 is 0.885. The predicted molar refractivity (Wildman–Crippen MR) is 114 cm³/mol. The molecular weight excluding hydrogens is 426 g/mol. The summed E-state index contributed by atoms with van der Waals surface area (Å²) in [7, 11) is 0. The number of benzene rings is 2. The van der Waals surface area contributed by atoms with Crippen LogP contribution in [0.25, 0.3) is 0 Å². The van der Waals surface area contributed by atoms with Gasteiger partial charge in [-0.15, -0.1) is 11.3 Å². The van der Waals surface area contributed by atoms with Gasteiger partial charge in [0.25, 0.3) is 11.8 Å². The number of amides is 2. The molecular formula is C22H18F2N2O4S. The number of rotatable bonds is 6. The van der Waals surface area contributed by atoms with Gasteiger partial charge in [0.15, 0.2) is 11.6 Å². The second-order valence-electron chi connectivity index (χ2n) is 6.38. The van der Waals surface area contributed by atoms with Gasteiger partial charge in [0.2, 0.25) is 0 Å². The summed E-state index contributed by atoms with van der Waals surface area (Å²) in [6, 6.07) is 11.4. The lowest BCUT2D eigenvalue weighted by Crippen LogP contribution is -2.15. The maximum absolute atomic E-state index is 13.5. The highest BCUT2D eigenvalue weighted by Crippen LogP contribution is 2.34. The van der Waals surface area contributed by atoms with Gasteiger partial charge in [-0.3, -0.25) is 9.59 Å². The third kappa shape index (κ3) is 4.95. The maximum atomic E-state index is 13.5. The minimum Gasteiger partial charge on any atom is -0.462 e. The van der Waals surface area contributed by atoms with Crippen molar-refractivity contribution in [3.63, 3.8) is 0 Å². The average molecular weight is 444 g/mol. The smallest absolute Gasteiger partial charge is 0.341 e. The fourth-order valence-electron chi connectivity index (χ4n) is 2.79. The molecule has 0 radical (unpaired) electrons. The molecule has 0 aliphatic rings. The van der Waals surface area contributed by atoms with E-state index in [2.05, 4.69) is 10.6 Å². The van der Waals surface area contributed by atoms with Crippen molar-refractivity contribution in [1.29, 1.82) is 0 Å². The summed E-state index contributed by atoms with van der Waals surface area (Å²) < 4.78 is 31.7. The number of thiophene rings is 1. The minimum absolute atomic E-state index is 0.0287. The summed E-state index contributed by atoms with van der Waals surface area (Å²) in [5.41, 5.74) is 0.777. The molecule has 0 aliphatic heterocycles. The number of carbonyl (C=O) groups excluding carboxylic acids is 3. The van der Waals surface area contributed by atoms with Crippen LogP contribution in [0.2, 0.25) is 0 Å². The first-order valence-electron chi connectivity index (χ1n) is 9.25. The molecule has 0 unspecified atom stereocenters. The molecule has 2 N–H and O–H groups in total. The highest BCUT2D eigenvalue weighted by atomic mass is 32.1. The zero-order chi connectivity index (χ0) is 22.5. The molecule has 1 aromatic heterocycles. The van der Waals surface area contributed by atoms with Crippen LogP contribution in [0.4, 0.5) is 19.5 Å². The standard InChI is InChI=1S/C22H18F2N2O4S/c1-3-30-22(29)17-12(2)18(20(28)25-14-7-5-4-6-8-14)31-21(17)26-19(27)13-9-10-15(23)16(24)11-13/h4-11H,3H2,1-2H3,(H,25,28)(H,26,27). The molecule has 0 bridgehead atoms. The number of nitrogens with one attached hydrogen (secondary N) is 2. The number of para-hydroxylation sites is 1. The minimum atomic E-state index is -1.18. The second-order valence-corrected chi connectivity index (χ2v) is 7.40. The molecule has 31 heavy (non-hydrogen) atoms. The van der Waals surface area contributed by atoms with Gasteiger partial charge in [-0.2, -0.15) is 0 Å². The first kappa shape index (κ1) is 22.1. The molecule has 0 fully saturated rings. The Kier molecular flexibility index (Phi) is 6.76. The average Bonchev–Trinajstić information content (AvgIpc) is 3.06. The SMILES string of the molecule is CCOC(=O)c1c(NC(=O)c2ccc(F)c(F)c2)sc(C(=O)Nc2ccccc2)c1C. The van der Waals surface area contributed by atoms with Gasteiger partial charge >= 0.3 is 5.97 Å². The number of esters is 1. The van der Waals surface area contributed by atoms with Crippen LogP contribution < -0.4 is 10.6 Å². The van der Waals surface area contributed by atoms with E-state index in [1.165, 1.54) is 0 Å². The highest BCUT2D eigenvalue weighted by molar-refractivity contribution is 7.19. The molecule has 0 saturated carbocycles. The van der Waals surface area contributed by atoms with E-state index in [-0.39, 0.29) is 27.6 Å². The largest absolute Gasteiger partial charge is 0.462 e. The van der Waals surface area contributed by atoms with E-state index in [0.29, 0.717) is 11.3 Å². The lowest BCUT2D eigenvalue weighted by Gasteiger charge is -2.07. The topological polar surface area (TPSA) is 84.5 Å². The van der Waals surface area contributed by atoms with Gasteiger partial charge in [0, 0.05) is 11.3 Å². The first-order valence-corrected chi connectivity index (χ1v) is 10.1. The van der Waals surface area contributed by atoms with E-state index in [4.69, 9.17) is 4.74 Å². The van der Waals surface area contributed by atoms with Crippen molar-refractivity contribution in [2.24, 2.45) is 0 Å². The molecule has 9 heteroatoms. The molecule has 1 heterocycles. The van der Waals surface area contributed by atoms with E-state index in [9.17, 15) is 23.2 Å². The van der Waals surface area contributed by atoms with Crippen molar-refractivity contribution in [3.8, 4) is 0 Å². The number of carbonyl (C=O) groups is 3. The van der Waals surface area contributed by atoms with Gasteiger partial charge in [-0.25, -0.2) is 13.6 Å². The first-order chi connectivity index (χ1) is 14.8. The quantitative estimate of drug-likeness (QED) is 0.523. The van der Waals surface area contributed by atoms with Crippen LogP contribution in [0.3, 0.4) is 0 Å². The Morgan fingerprint density at radius 1 is 0.968 bits per heavy atom. The predicted octanol–water partition coefficient (Wildman–Crippen LogP) is 5.02. The summed E-state index contributed by atoms with van der Waals surface area (Å²) in [5, 5.41) is 5.30. The highest BCUT2D eigenvalue weighted by Gasteiger charge is 2.27. The van der Waals surface area contributed by atoms with Crippen LogP contribution in [0.1, 0.15) is 42.9 Å². The maximum Gasteiger partial charge on any atom is 0.341 e. The van der Waals surface area contributed by atoms with E-state index < -0.39 is 29.4 Å². The van der Waals surface area contributed by atoms with E-state index in [0.717, 1.165) is 29.5 Å². The zero-order valence-electron chi connectivity index (χ0n) is 16.6. The van der Waals surface area contributed by atoms with Crippen LogP contribution >= 0.6 is 11.3 Å². The Morgan fingerprint density at radius 2 is 1.68 bits per heavy atom. The van der Waals surface area contributed by atoms with E-state index >= 15 is 0 Å². The molecule has 0 saturated heterocycles. The summed E-state index contributed by atoms with van der Waals surface area (Å²) in [6.07, 6.45) is 0. The fraction of sp³-hybridized carbons (Fsp3) is 0.136. The van der Waals surface area contributed by atoms with E-state index in [1.54, 1.807) is 44.2 Å². The number of halogens is 2. The van der Waals surface area contributed by atoms with Gasteiger partial charge in [0.05, 0.1) is 17.0 Å². The third-order valence-corrected chi connectivity index (χ3v) is 5.48. The van der Waals surface area contributed by atoms with Gasteiger partial charge in [-0.05, 0) is 49.7 Å². The zero-order valence-corrected chi connectivity index (χ0v) is 17.4. The van der Waals surface area contributed by atoms with Gasteiger partial charge in [-0.1, -0.05) is 18.2 Å². The molecule has 2 amide bonds. The summed E-state index contributed by atoms with van der Waals surface area (Å²) in [4.78, 5) is 38.0. The van der Waals surface area contributed by atoms with Crippen LogP contribution in [0, 0.1) is 18.6 Å². The fourth-order valence-corrected chi connectivity index (χ4v) is 3.87. The molecule has 3 aromatic rings. The monoisotopic (exact) mass is 444 g/mol. The van der Waals surface area contributed by atoms with Crippen molar-refractivity contribution >= 4 is 39.8 Å². The molecule has 0 spiro atoms. The Morgan fingerprint density at radius 3 is 2.32 bits per heavy atom. The lowest BCUT2D eigenvalue weighted by atomic mass is 10.1. The number of anilines is 2. The van der Waals surface area contributed by atoms with Crippen LogP contribution in [-0.4, -0.2) is 24.4 Å². The molecule has 3 rings (SSSR count). The molecule has 2 aromatic carbocycles. The Balaban J connectivity index is 1.95. The van der Waals surface area contributed by atoms with Gasteiger partial charge < -0.3 is 15.4 Å².